The minimum Gasteiger partial charge on any atom is -0.323 e. The molecule has 1 nitrogen and oxygen atoms in total. The van der Waals surface area contributed by atoms with Crippen LogP contribution in [0.3, 0.4) is 0 Å². The van der Waals surface area contributed by atoms with Gasteiger partial charge in [-0.05, 0) is 43.6 Å². The van der Waals surface area contributed by atoms with Crippen LogP contribution in [0.5, 0.6) is 0 Å². The average molecular weight is 253 g/mol. The fraction of sp³-hybridized carbons (Fsp3) is 0.538. The lowest BCUT2D eigenvalue weighted by Crippen LogP contribution is -2.08. The van der Waals surface area contributed by atoms with E-state index in [1.807, 2.05) is 23.1 Å². The molecule has 1 aromatic heterocycles. The molecule has 1 aliphatic rings. The molecule has 0 saturated carbocycles. The highest BCUT2D eigenvalue weighted by Crippen LogP contribution is 2.35. The van der Waals surface area contributed by atoms with Crippen LogP contribution in [-0.2, 0) is 12.2 Å². The van der Waals surface area contributed by atoms with Crippen molar-refractivity contribution in [2.24, 2.45) is 5.73 Å². The van der Waals surface area contributed by atoms with E-state index in [0.29, 0.717) is 0 Å². The van der Waals surface area contributed by atoms with Crippen LogP contribution in [0.1, 0.15) is 41.1 Å². The van der Waals surface area contributed by atoms with Gasteiger partial charge >= 0.3 is 0 Å². The number of hydrogen-bond acceptors (Lipinski definition) is 3. The fourth-order valence-electron chi connectivity index (χ4n) is 1.90. The van der Waals surface area contributed by atoms with Crippen molar-refractivity contribution in [2.45, 2.75) is 38.0 Å². The molecular weight excluding hydrogens is 234 g/mol. The Labute approximate surface area is 106 Å². The Morgan fingerprint density at radius 3 is 3.12 bits per heavy atom. The van der Waals surface area contributed by atoms with Crippen molar-refractivity contribution >= 4 is 23.1 Å². The summed E-state index contributed by atoms with van der Waals surface area (Å²) in [5.74, 6) is 2.45. The second-order valence-corrected chi connectivity index (χ2v) is 6.78. The van der Waals surface area contributed by atoms with E-state index in [1.54, 1.807) is 4.88 Å². The predicted octanol–water partition coefficient (Wildman–Crippen LogP) is 3.89. The van der Waals surface area contributed by atoms with Crippen LogP contribution >= 0.6 is 23.1 Å². The number of hydrogen-bond donors (Lipinski definition) is 1. The van der Waals surface area contributed by atoms with E-state index in [-0.39, 0.29) is 6.04 Å². The molecule has 0 aromatic carbocycles. The predicted molar refractivity (Wildman–Crippen MR) is 75.2 cm³/mol. The molecule has 3 heteroatoms. The van der Waals surface area contributed by atoms with Gasteiger partial charge in [-0.15, -0.1) is 17.9 Å². The minimum absolute atomic E-state index is 0.206. The number of rotatable bonds is 4. The number of thioether (sulfide) groups is 1. The Morgan fingerprint density at radius 2 is 2.44 bits per heavy atom. The van der Waals surface area contributed by atoms with E-state index in [0.717, 1.165) is 12.8 Å². The second kappa shape index (κ2) is 5.39. The first-order valence-corrected chi connectivity index (χ1v) is 7.73. The van der Waals surface area contributed by atoms with E-state index in [9.17, 15) is 0 Å². The third kappa shape index (κ3) is 2.90. The molecule has 2 heterocycles. The summed E-state index contributed by atoms with van der Waals surface area (Å²) >= 11 is 3.96. The lowest BCUT2D eigenvalue weighted by atomic mass is 10.1. The van der Waals surface area contributed by atoms with Gasteiger partial charge in [-0.1, -0.05) is 5.57 Å². The van der Waals surface area contributed by atoms with Crippen LogP contribution in [0, 0.1) is 0 Å². The number of thiophene rings is 1. The minimum atomic E-state index is 0.206. The first-order valence-electron chi connectivity index (χ1n) is 5.76. The summed E-state index contributed by atoms with van der Waals surface area (Å²) in [6.07, 6.45) is 3.30. The Balaban J connectivity index is 2.03. The summed E-state index contributed by atoms with van der Waals surface area (Å²) in [6.45, 7) is 6.00. The summed E-state index contributed by atoms with van der Waals surface area (Å²) in [4.78, 5) is 2.94. The van der Waals surface area contributed by atoms with Gasteiger partial charge in [-0.3, -0.25) is 0 Å². The second-order valence-electron chi connectivity index (χ2n) is 4.50. The van der Waals surface area contributed by atoms with E-state index < -0.39 is 0 Å². The van der Waals surface area contributed by atoms with Crippen molar-refractivity contribution in [3.63, 3.8) is 0 Å². The SMILES string of the molecule is C=C(C)CCC(N)c1cc2c(s1)CCSC2. The van der Waals surface area contributed by atoms with Crippen LogP contribution < -0.4 is 5.73 Å². The molecule has 0 radical (unpaired) electrons. The molecule has 2 rings (SSSR count). The first-order chi connectivity index (χ1) is 7.66. The standard InChI is InChI=1S/C13H19NS2/c1-9(2)3-4-11(14)13-7-10-8-15-6-5-12(10)16-13/h7,11H,1,3-6,8,14H2,2H3. The molecule has 1 atom stereocenters. The molecule has 16 heavy (non-hydrogen) atoms. The van der Waals surface area contributed by atoms with Crippen LogP contribution in [0.25, 0.3) is 0 Å². The summed E-state index contributed by atoms with van der Waals surface area (Å²) in [5.41, 5.74) is 8.98. The molecular formula is C13H19NS2. The molecule has 1 unspecified atom stereocenters. The van der Waals surface area contributed by atoms with Gasteiger partial charge in [0.05, 0.1) is 0 Å². The van der Waals surface area contributed by atoms with Crippen molar-refractivity contribution in [1.82, 2.24) is 0 Å². The van der Waals surface area contributed by atoms with Crippen LogP contribution in [0.4, 0.5) is 0 Å². The summed E-state index contributed by atoms with van der Waals surface area (Å²) < 4.78 is 0. The van der Waals surface area contributed by atoms with Crippen LogP contribution in [0.15, 0.2) is 18.2 Å². The zero-order valence-electron chi connectivity index (χ0n) is 9.79. The third-order valence-electron chi connectivity index (χ3n) is 2.89. The molecule has 0 aliphatic carbocycles. The molecule has 2 N–H and O–H groups in total. The van der Waals surface area contributed by atoms with Crippen molar-refractivity contribution < 1.29 is 0 Å². The maximum absolute atomic E-state index is 6.22. The molecule has 1 aromatic rings. The Hall–Kier alpha value is -0.250. The third-order valence-corrected chi connectivity index (χ3v) is 5.27. The van der Waals surface area contributed by atoms with Crippen LogP contribution in [0.2, 0.25) is 0 Å². The van der Waals surface area contributed by atoms with Gasteiger partial charge < -0.3 is 5.73 Å². The molecule has 88 valence electrons. The molecule has 0 saturated heterocycles. The highest BCUT2D eigenvalue weighted by molar-refractivity contribution is 7.98. The highest BCUT2D eigenvalue weighted by Gasteiger charge is 2.16. The highest BCUT2D eigenvalue weighted by atomic mass is 32.2. The quantitative estimate of drug-likeness (QED) is 0.824. The first kappa shape index (κ1) is 12.2. The molecule has 0 amide bonds. The maximum Gasteiger partial charge on any atom is 0.0393 e. The summed E-state index contributed by atoms with van der Waals surface area (Å²) in [5, 5.41) is 0. The van der Waals surface area contributed by atoms with Crippen LogP contribution in [-0.4, -0.2) is 5.75 Å². The zero-order chi connectivity index (χ0) is 11.5. The maximum atomic E-state index is 6.22. The lowest BCUT2D eigenvalue weighted by Gasteiger charge is -2.08. The summed E-state index contributed by atoms with van der Waals surface area (Å²) in [7, 11) is 0. The zero-order valence-corrected chi connectivity index (χ0v) is 11.4. The van der Waals surface area contributed by atoms with Gasteiger partial charge in [-0.2, -0.15) is 11.8 Å². The number of aryl methyl sites for hydroxylation is 1. The van der Waals surface area contributed by atoms with Gasteiger partial charge in [0.1, 0.15) is 0 Å². The van der Waals surface area contributed by atoms with Crippen molar-refractivity contribution in [3.8, 4) is 0 Å². The van der Waals surface area contributed by atoms with E-state index >= 15 is 0 Å². The van der Waals surface area contributed by atoms with Gasteiger partial charge in [-0.25, -0.2) is 0 Å². The number of nitrogens with two attached hydrogens (primary N) is 1. The Kier molecular flexibility index (Phi) is 4.11. The van der Waals surface area contributed by atoms with E-state index in [4.69, 9.17) is 5.73 Å². The normalized spacial score (nSPS) is 16.9. The van der Waals surface area contributed by atoms with E-state index in [1.165, 1.54) is 33.9 Å². The number of fused-ring (bicyclic) bond motifs is 1. The molecule has 1 aliphatic heterocycles. The smallest absolute Gasteiger partial charge is 0.0393 e. The monoisotopic (exact) mass is 253 g/mol. The molecule has 0 spiro atoms. The molecule has 0 fully saturated rings. The van der Waals surface area contributed by atoms with Gasteiger partial charge in [0.25, 0.3) is 0 Å². The fourth-order valence-corrected chi connectivity index (χ4v) is 4.31. The average Bonchev–Trinajstić information content (AvgIpc) is 2.69. The van der Waals surface area contributed by atoms with Crippen molar-refractivity contribution in [2.75, 3.05) is 5.75 Å². The Morgan fingerprint density at radius 1 is 1.62 bits per heavy atom. The number of allylic oxidation sites excluding steroid dienone is 1. The lowest BCUT2D eigenvalue weighted by molar-refractivity contribution is 0.659. The van der Waals surface area contributed by atoms with E-state index in [2.05, 4.69) is 19.6 Å². The Bertz CT molecular complexity index is 358. The topological polar surface area (TPSA) is 26.0 Å². The molecule has 0 bridgehead atoms. The summed E-state index contributed by atoms with van der Waals surface area (Å²) in [6, 6.07) is 2.53. The van der Waals surface area contributed by atoms with Gasteiger partial charge in [0, 0.05) is 21.5 Å². The van der Waals surface area contributed by atoms with Gasteiger partial charge in [0.2, 0.25) is 0 Å². The largest absolute Gasteiger partial charge is 0.323 e. The van der Waals surface area contributed by atoms with Crippen molar-refractivity contribution in [1.29, 1.82) is 0 Å². The van der Waals surface area contributed by atoms with Gasteiger partial charge in [0.15, 0.2) is 0 Å². The van der Waals surface area contributed by atoms with Crippen molar-refractivity contribution in [3.05, 3.63) is 33.5 Å².